The van der Waals surface area contributed by atoms with Gasteiger partial charge in [0, 0.05) is 23.5 Å². The van der Waals surface area contributed by atoms with Crippen molar-refractivity contribution in [1.29, 1.82) is 0 Å². The maximum absolute atomic E-state index is 12.9. The van der Waals surface area contributed by atoms with E-state index in [9.17, 15) is 9.59 Å². The number of primary amides is 1. The van der Waals surface area contributed by atoms with Gasteiger partial charge in [0.15, 0.2) is 0 Å². The van der Waals surface area contributed by atoms with E-state index in [4.69, 9.17) is 15.7 Å². The van der Waals surface area contributed by atoms with Crippen LogP contribution >= 0.6 is 0 Å². The number of rotatable bonds is 7. The third-order valence-corrected chi connectivity index (χ3v) is 8.71. The number of carbonyl (C=O) groups is 2. The second-order valence-electron chi connectivity index (χ2n) is 10.8. The van der Waals surface area contributed by atoms with Crippen molar-refractivity contribution in [2.45, 2.75) is 44.7 Å². The van der Waals surface area contributed by atoms with Crippen LogP contribution in [0.25, 0.3) is 10.9 Å². The monoisotopic (exact) mass is 488 g/mol. The van der Waals surface area contributed by atoms with Gasteiger partial charge in [-0.15, -0.1) is 0 Å². The topological polar surface area (TPSA) is 119 Å². The second kappa shape index (κ2) is 8.85. The van der Waals surface area contributed by atoms with Crippen LogP contribution in [-0.2, 0) is 6.54 Å². The number of nitrogens with two attached hydrogens (primary N) is 1. The zero-order valence-corrected chi connectivity index (χ0v) is 20.4. The molecule has 0 spiro atoms. The minimum atomic E-state index is -0.555. The number of benzene rings is 2. The molecule has 3 aromatic rings. The molecular weight excluding hydrogens is 456 g/mol. The summed E-state index contributed by atoms with van der Waals surface area (Å²) < 4.78 is 7.58. The first-order valence-corrected chi connectivity index (χ1v) is 12.7. The average Bonchev–Trinajstić information content (AvgIpc) is 3.17. The molecule has 1 heterocycles. The van der Waals surface area contributed by atoms with Crippen molar-refractivity contribution in [3.8, 4) is 5.75 Å². The van der Waals surface area contributed by atoms with Gasteiger partial charge in [-0.3, -0.25) is 14.8 Å². The van der Waals surface area contributed by atoms with Crippen molar-refractivity contribution in [1.82, 2.24) is 10.0 Å². The van der Waals surface area contributed by atoms with Crippen molar-refractivity contribution in [2.75, 3.05) is 12.4 Å². The SMILES string of the molecule is COc1ccc2c(c1)c(C(N)=O)c(NC1C3CC4CC(C3)CC1C4)n2Cc1ccc(C(=O)NO)cc1. The van der Waals surface area contributed by atoms with E-state index < -0.39 is 11.8 Å². The van der Waals surface area contributed by atoms with E-state index in [-0.39, 0.29) is 0 Å². The zero-order chi connectivity index (χ0) is 25.0. The standard InChI is InChI=1S/C28H32N4O4/c1-36-21-6-7-23-22(13-21)24(26(29)33)27(30-25-19-9-16-8-17(11-19)12-20(25)10-16)32(23)14-15-2-4-18(5-3-15)28(34)31-35/h2-7,13,16-17,19-20,25,30,35H,8-12,14H2,1H3,(H2,29,33)(H,31,34). The molecule has 8 heteroatoms. The number of methoxy groups -OCH3 is 1. The number of amides is 2. The molecule has 5 N–H and O–H groups in total. The molecule has 188 valence electrons. The minimum Gasteiger partial charge on any atom is -0.497 e. The molecule has 0 atom stereocenters. The van der Waals surface area contributed by atoms with Gasteiger partial charge in [-0.05, 0) is 91.7 Å². The van der Waals surface area contributed by atoms with Gasteiger partial charge >= 0.3 is 0 Å². The fourth-order valence-corrected chi connectivity index (χ4v) is 7.35. The average molecular weight is 489 g/mol. The minimum absolute atomic E-state index is 0.330. The third kappa shape index (κ3) is 3.80. The maximum atomic E-state index is 12.9. The number of hydrogen-bond acceptors (Lipinski definition) is 5. The molecule has 4 fully saturated rings. The summed E-state index contributed by atoms with van der Waals surface area (Å²) >= 11 is 0. The summed E-state index contributed by atoms with van der Waals surface area (Å²) in [5.41, 5.74) is 10.4. The summed E-state index contributed by atoms with van der Waals surface area (Å²) in [6.45, 7) is 0.493. The predicted octanol–water partition coefficient (Wildman–Crippen LogP) is 4.15. The highest BCUT2D eigenvalue weighted by atomic mass is 16.5. The van der Waals surface area contributed by atoms with Gasteiger partial charge in [0.05, 0.1) is 18.2 Å². The highest BCUT2D eigenvalue weighted by molar-refractivity contribution is 6.12. The van der Waals surface area contributed by atoms with Crippen molar-refractivity contribution in [3.63, 3.8) is 0 Å². The first-order valence-electron chi connectivity index (χ1n) is 12.7. The van der Waals surface area contributed by atoms with Gasteiger partial charge in [0.25, 0.3) is 11.8 Å². The Kier molecular flexibility index (Phi) is 5.63. The lowest BCUT2D eigenvalue weighted by Crippen LogP contribution is -2.51. The van der Waals surface area contributed by atoms with E-state index in [1.807, 2.05) is 30.3 Å². The van der Waals surface area contributed by atoms with Crippen LogP contribution < -0.4 is 21.3 Å². The summed E-state index contributed by atoms with van der Waals surface area (Å²) in [6, 6.07) is 13.1. The molecule has 4 aliphatic rings. The molecule has 0 radical (unpaired) electrons. The Balaban J connectivity index is 1.43. The van der Waals surface area contributed by atoms with Crippen molar-refractivity contribution in [3.05, 3.63) is 59.2 Å². The zero-order valence-electron chi connectivity index (χ0n) is 20.4. The second-order valence-corrected chi connectivity index (χ2v) is 10.8. The van der Waals surface area contributed by atoms with Crippen molar-refractivity contribution >= 4 is 28.5 Å². The van der Waals surface area contributed by atoms with E-state index in [0.717, 1.165) is 34.1 Å². The number of carbonyl (C=O) groups excluding carboxylic acids is 2. The molecule has 1 aromatic heterocycles. The first-order chi connectivity index (χ1) is 17.4. The molecule has 0 aliphatic heterocycles. The summed E-state index contributed by atoms with van der Waals surface area (Å²) in [7, 11) is 1.61. The lowest BCUT2D eigenvalue weighted by atomic mass is 9.54. The number of hydrogen-bond donors (Lipinski definition) is 4. The smallest absolute Gasteiger partial charge is 0.274 e. The fraction of sp³-hybridized carbons (Fsp3) is 0.429. The van der Waals surface area contributed by atoms with Gasteiger partial charge in [-0.2, -0.15) is 0 Å². The predicted molar refractivity (Wildman–Crippen MR) is 136 cm³/mol. The van der Waals surface area contributed by atoms with E-state index in [1.54, 1.807) is 24.7 Å². The maximum Gasteiger partial charge on any atom is 0.274 e. The molecule has 4 bridgehead atoms. The van der Waals surface area contributed by atoms with E-state index >= 15 is 0 Å². The van der Waals surface area contributed by atoms with Crippen LogP contribution in [0.3, 0.4) is 0 Å². The summed E-state index contributed by atoms with van der Waals surface area (Å²) in [6.07, 6.45) is 6.44. The molecule has 8 nitrogen and oxygen atoms in total. The summed E-state index contributed by atoms with van der Waals surface area (Å²) in [4.78, 5) is 24.6. The Labute approximate surface area is 209 Å². The number of nitrogens with zero attached hydrogens (tertiary/aromatic N) is 1. The number of aromatic nitrogens is 1. The molecule has 4 aliphatic carbocycles. The number of hydroxylamine groups is 1. The molecule has 7 rings (SSSR count). The Hall–Kier alpha value is -3.52. The van der Waals surface area contributed by atoms with E-state index in [2.05, 4.69) is 9.88 Å². The molecule has 4 saturated carbocycles. The van der Waals surface area contributed by atoms with Gasteiger partial charge in [-0.1, -0.05) is 12.1 Å². The van der Waals surface area contributed by atoms with Crippen LogP contribution in [0.2, 0.25) is 0 Å². The normalized spacial score (nSPS) is 26.2. The third-order valence-electron chi connectivity index (χ3n) is 8.71. The summed E-state index contributed by atoms with van der Waals surface area (Å²) in [5, 5.41) is 13.5. The van der Waals surface area contributed by atoms with Crippen molar-refractivity contribution < 1.29 is 19.5 Å². The Morgan fingerprint density at radius 3 is 2.28 bits per heavy atom. The van der Waals surface area contributed by atoms with Gasteiger partial charge in [0.1, 0.15) is 11.6 Å². The van der Waals surface area contributed by atoms with E-state index in [0.29, 0.717) is 41.3 Å². The highest BCUT2D eigenvalue weighted by Crippen LogP contribution is 2.54. The Bertz CT molecular complexity index is 1300. The van der Waals surface area contributed by atoms with Crippen LogP contribution in [0.5, 0.6) is 5.75 Å². The molecular formula is C28H32N4O4. The van der Waals surface area contributed by atoms with Gasteiger partial charge < -0.3 is 20.4 Å². The summed E-state index contributed by atoms with van der Waals surface area (Å²) in [5.74, 6) is 3.37. The number of nitrogens with one attached hydrogen (secondary N) is 2. The molecule has 2 aromatic carbocycles. The van der Waals surface area contributed by atoms with E-state index in [1.165, 1.54) is 32.1 Å². The van der Waals surface area contributed by atoms with Crippen LogP contribution in [0, 0.1) is 23.7 Å². The largest absolute Gasteiger partial charge is 0.497 e. The van der Waals surface area contributed by atoms with Crippen LogP contribution in [0.1, 0.15) is 58.4 Å². The lowest BCUT2D eigenvalue weighted by Gasteiger charge is -2.54. The van der Waals surface area contributed by atoms with Crippen LogP contribution in [0.15, 0.2) is 42.5 Å². The molecule has 0 unspecified atom stereocenters. The van der Waals surface area contributed by atoms with Gasteiger partial charge in [-0.25, -0.2) is 5.48 Å². The van der Waals surface area contributed by atoms with Crippen molar-refractivity contribution in [2.24, 2.45) is 29.4 Å². The highest BCUT2D eigenvalue weighted by Gasteiger charge is 2.48. The molecule has 2 amide bonds. The fourth-order valence-electron chi connectivity index (χ4n) is 7.35. The Morgan fingerprint density at radius 1 is 1.03 bits per heavy atom. The lowest BCUT2D eigenvalue weighted by molar-refractivity contribution is 0.00731. The Morgan fingerprint density at radius 2 is 1.69 bits per heavy atom. The quantitative estimate of drug-likeness (QED) is 0.294. The molecule has 0 saturated heterocycles. The van der Waals surface area contributed by atoms with Gasteiger partial charge in [0.2, 0.25) is 0 Å². The van der Waals surface area contributed by atoms with Crippen LogP contribution in [0.4, 0.5) is 5.82 Å². The first kappa shape index (κ1) is 22.9. The number of ether oxygens (including phenoxy) is 1. The number of anilines is 1. The molecule has 36 heavy (non-hydrogen) atoms. The van der Waals surface area contributed by atoms with Crippen LogP contribution in [-0.4, -0.2) is 34.7 Å². The number of fused-ring (bicyclic) bond motifs is 1.